The summed E-state index contributed by atoms with van der Waals surface area (Å²) in [5.41, 5.74) is 2.04. The van der Waals surface area contributed by atoms with Crippen molar-refractivity contribution in [2.45, 2.75) is 26.8 Å². The summed E-state index contributed by atoms with van der Waals surface area (Å²) in [6.07, 6.45) is 0. The summed E-state index contributed by atoms with van der Waals surface area (Å²) in [7, 11) is 0. The highest BCUT2D eigenvalue weighted by Gasteiger charge is 2.28. The summed E-state index contributed by atoms with van der Waals surface area (Å²) >= 11 is 0. The van der Waals surface area contributed by atoms with Crippen LogP contribution in [0.5, 0.6) is 0 Å². The Morgan fingerprint density at radius 2 is 2.11 bits per heavy atom. The molecule has 1 aliphatic rings. The van der Waals surface area contributed by atoms with Crippen LogP contribution < -0.4 is 10.2 Å². The zero-order valence-corrected chi connectivity index (χ0v) is 11.4. The van der Waals surface area contributed by atoms with Crippen LogP contribution in [-0.4, -0.2) is 25.7 Å². The lowest BCUT2D eigenvalue weighted by atomic mass is 9.93. The number of benzene rings is 1. The Labute approximate surface area is 109 Å². The Morgan fingerprint density at radius 3 is 2.83 bits per heavy atom. The fourth-order valence-corrected chi connectivity index (χ4v) is 2.51. The van der Waals surface area contributed by atoms with E-state index in [1.165, 1.54) is 0 Å². The van der Waals surface area contributed by atoms with Gasteiger partial charge in [-0.15, -0.1) is 0 Å². The fraction of sp³-hybridized carbons (Fsp3) is 0.533. The zero-order valence-electron chi connectivity index (χ0n) is 11.4. The quantitative estimate of drug-likeness (QED) is 0.823. The molecule has 0 radical (unpaired) electrons. The Kier molecular flexibility index (Phi) is 3.58. The molecular weight excluding hydrogens is 222 g/mol. The lowest BCUT2D eigenvalue weighted by molar-refractivity contribution is 0.362. The van der Waals surface area contributed by atoms with E-state index in [1.807, 2.05) is 24.3 Å². The van der Waals surface area contributed by atoms with Gasteiger partial charge in [0.25, 0.3) is 0 Å². The van der Waals surface area contributed by atoms with Gasteiger partial charge in [0.05, 0.1) is 11.3 Å². The molecule has 96 valence electrons. The van der Waals surface area contributed by atoms with Gasteiger partial charge in [-0.05, 0) is 24.5 Å². The van der Waals surface area contributed by atoms with Gasteiger partial charge in [-0.25, -0.2) is 0 Å². The van der Waals surface area contributed by atoms with Crippen molar-refractivity contribution in [2.75, 3.05) is 24.5 Å². The molecular formula is C15H21N3. The number of anilines is 1. The lowest BCUT2D eigenvalue weighted by Crippen LogP contribution is -2.36. The molecule has 1 fully saturated rings. The molecule has 0 spiro atoms. The topological polar surface area (TPSA) is 39.1 Å². The first-order chi connectivity index (χ1) is 8.52. The van der Waals surface area contributed by atoms with Crippen LogP contribution in [0.2, 0.25) is 0 Å². The molecule has 1 atom stereocenters. The maximum atomic E-state index is 9.22. The van der Waals surface area contributed by atoms with Crippen molar-refractivity contribution in [2.24, 2.45) is 5.41 Å². The number of hydrogen-bond donors (Lipinski definition) is 1. The van der Waals surface area contributed by atoms with E-state index in [9.17, 15) is 5.26 Å². The number of hydrogen-bond acceptors (Lipinski definition) is 3. The third-order valence-corrected chi connectivity index (χ3v) is 3.41. The molecule has 0 saturated carbocycles. The molecule has 1 saturated heterocycles. The minimum absolute atomic E-state index is 0.216. The molecule has 3 heteroatoms. The van der Waals surface area contributed by atoms with Gasteiger partial charge in [0, 0.05) is 25.7 Å². The Morgan fingerprint density at radius 1 is 1.39 bits per heavy atom. The molecule has 1 aromatic rings. The van der Waals surface area contributed by atoms with Gasteiger partial charge >= 0.3 is 0 Å². The minimum Gasteiger partial charge on any atom is -0.368 e. The van der Waals surface area contributed by atoms with Gasteiger partial charge in [0.15, 0.2) is 0 Å². The number of nitrogens with one attached hydrogen (secondary N) is 1. The van der Waals surface area contributed by atoms with Crippen LogP contribution in [-0.2, 0) is 0 Å². The van der Waals surface area contributed by atoms with E-state index in [4.69, 9.17) is 0 Å². The van der Waals surface area contributed by atoms with Gasteiger partial charge in [-0.2, -0.15) is 5.26 Å². The second-order valence-electron chi connectivity index (χ2n) is 5.96. The Bertz CT molecular complexity index is 459. The monoisotopic (exact) mass is 243 g/mol. The summed E-state index contributed by atoms with van der Waals surface area (Å²) in [6.45, 7) is 9.66. The van der Waals surface area contributed by atoms with Crippen molar-refractivity contribution >= 4 is 5.69 Å². The van der Waals surface area contributed by atoms with E-state index in [2.05, 4.69) is 37.1 Å². The first-order valence-electron chi connectivity index (χ1n) is 6.49. The molecule has 1 aromatic carbocycles. The van der Waals surface area contributed by atoms with Gasteiger partial charge in [-0.1, -0.05) is 26.0 Å². The smallest absolute Gasteiger partial charge is 0.101 e. The highest BCUT2D eigenvalue weighted by molar-refractivity contribution is 5.59. The minimum atomic E-state index is 0.216. The van der Waals surface area contributed by atoms with Crippen molar-refractivity contribution in [3.05, 3.63) is 29.8 Å². The van der Waals surface area contributed by atoms with Crippen LogP contribution in [0.3, 0.4) is 0 Å². The fourth-order valence-electron chi connectivity index (χ4n) is 2.51. The zero-order chi connectivity index (χ0) is 13.2. The second kappa shape index (κ2) is 4.99. The van der Waals surface area contributed by atoms with Crippen molar-refractivity contribution in [1.29, 1.82) is 5.26 Å². The normalized spacial score (nSPS) is 23.2. The summed E-state index contributed by atoms with van der Waals surface area (Å²) < 4.78 is 0. The molecule has 1 aliphatic heterocycles. The van der Waals surface area contributed by atoms with Crippen LogP contribution in [0.15, 0.2) is 24.3 Å². The van der Waals surface area contributed by atoms with Crippen LogP contribution in [0.25, 0.3) is 0 Å². The van der Waals surface area contributed by atoms with Gasteiger partial charge in [0.1, 0.15) is 6.07 Å². The van der Waals surface area contributed by atoms with Gasteiger partial charge in [0.2, 0.25) is 0 Å². The molecule has 3 nitrogen and oxygen atoms in total. The lowest BCUT2D eigenvalue weighted by Gasteiger charge is -2.31. The van der Waals surface area contributed by atoms with Gasteiger partial charge < -0.3 is 10.2 Å². The largest absolute Gasteiger partial charge is 0.368 e. The molecule has 1 N–H and O–H groups in total. The number of nitrogens with zero attached hydrogens (tertiary/aromatic N) is 2. The summed E-state index contributed by atoms with van der Waals surface area (Å²) in [6, 6.07) is 10.6. The Hall–Kier alpha value is -1.53. The van der Waals surface area contributed by atoms with Crippen molar-refractivity contribution < 1.29 is 0 Å². The van der Waals surface area contributed by atoms with Crippen LogP contribution in [0.1, 0.15) is 26.3 Å². The predicted molar refractivity (Wildman–Crippen MR) is 74.6 cm³/mol. The second-order valence-corrected chi connectivity index (χ2v) is 5.96. The van der Waals surface area contributed by atoms with Crippen LogP contribution in [0.4, 0.5) is 5.69 Å². The molecule has 2 rings (SSSR count). The summed E-state index contributed by atoms with van der Waals surface area (Å²) in [5, 5.41) is 12.8. The molecule has 0 aromatic heterocycles. The van der Waals surface area contributed by atoms with E-state index >= 15 is 0 Å². The average molecular weight is 243 g/mol. The first kappa shape index (κ1) is 12.9. The third-order valence-electron chi connectivity index (χ3n) is 3.41. The number of para-hydroxylation sites is 1. The summed E-state index contributed by atoms with van der Waals surface area (Å²) in [4.78, 5) is 2.34. The SMILES string of the molecule is CC1CN(c2ccccc2C#N)CC(C)(C)CN1. The standard InChI is InChI=1S/C15H21N3/c1-12-9-18(11-15(2,3)10-17-12)14-7-5-4-6-13(14)8-16/h4-7,12,17H,9-11H2,1-3H3. The van der Waals surface area contributed by atoms with Crippen molar-refractivity contribution in [3.8, 4) is 6.07 Å². The Balaban J connectivity index is 2.33. The average Bonchev–Trinajstić information content (AvgIpc) is 2.48. The van der Waals surface area contributed by atoms with E-state index in [-0.39, 0.29) is 5.41 Å². The maximum Gasteiger partial charge on any atom is 0.101 e. The third kappa shape index (κ3) is 2.83. The predicted octanol–water partition coefficient (Wildman–Crippen LogP) is 2.38. The first-order valence-corrected chi connectivity index (χ1v) is 6.49. The maximum absolute atomic E-state index is 9.22. The molecule has 1 heterocycles. The van der Waals surface area contributed by atoms with Crippen molar-refractivity contribution in [1.82, 2.24) is 5.32 Å². The molecule has 0 amide bonds. The van der Waals surface area contributed by atoms with E-state index in [0.29, 0.717) is 6.04 Å². The highest BCUT2D eigenvalue weighted by atomic mass is 15.2. The molecule has 0 bridgehead atoms. The summed E-state index contributed by atoms with van der Waals surface area (Å²) in [5.74, 6) is 0. The highest BCUT2D eigenvalue weighted by Crippen LogP contribution is 2.26. The number of nitriles is 1. The van der Waals surface area contributed by atoms with Crippen LogP contribution in [0, 0.1) is 16.7 Å². The number of rotatable bonds is 1. The molecule has 18 heavy (non-hydrogen) atoms. The molecule has 0 aliphatic carbocycles. The van der Waals surface area contributed by atoms with Crippen LogP contribution >= 0.6 is 0 Å². The van der Waals surface area contributed by atoms with Crippen molar-refractivity contribution in [3.63, 3.8) is 0 Å². The van der Waals surface area contributed by atoms with E-state index in [1.54, 1.807) is 0 Å². The van der Waals surface area contributed by atoms with Gasteiger partial charge in [-0.3, -0.25) is 0 Å². The molecule has 1 unspecified atom stereocenters. The van der Waals surface area contributed by atoms with E-state index < -0.39 is 0 Å². The van der Waals surface area contributed by atoms with E-state index in [0.717, 1.165) is 30.9 Å².